The highest BCUT2D eigenvalue weighted by Gasteiger charge is 2.19. The molecule has 0 aliphatic rings. The monoisotopic (exact) mass is 238 g/mol. The third kappa shape index (κ3) is 3.17. The van der Waals surface area contributed by atoms with Gasteiger partial charge in [0.2, 0.25) is 0 Å². The molecule has 1 heterocycles. The Labute approximate surface area is 98.6 Å². The Balaban J connectivity index is 2.97. The number of aromatic nitrogens is 1. The van der Waals surface area contributed by atoms with Crippen LogP contribution in [-0.2, 0) is 9.53 Å². The number of anilines is 1. The van der Waals surface area contributed by atoms with Gasteiger partial charge >= 0.3 is 11.9 Å². The second-order valence-electron chi connectivity index (χ2n) is 3.33. The van der Waals surface area contributed by atoms with Crippen LogP contribution in [-0.4, -0.2) is 35.2 Å². The lowest BCUT2D eigenvalue weighted by Crippen LogP contribution is -2.29. The number of pyridine rings is 1. The van der Waals surface area contributed by atoms with E-state index in [1.54, 1.807) is 13.0 Å². The van der Waals surface area contributed by atoms with E-state index in [-0.39, 0.29) is 11.4 Å². The molecule has 0 saturated heterocycles. The van der Waals surface area contributed by atoms with Crippen LogP contribution < -0.4 is 5.32 Å². The van der Waals surface area contributed by atoms with Gasteiger partial charge in [0.1, 0.15) is 17.4 Å². The molecule has 0 aromatic carbocycles. The van der Waals surface area contributed by atoms with Crippen LogP contribution in [0.25, 0.3) is 0 Å². The van der Waals surface area contributed by atoms with Crippen LogP contribution in [0.1, 0.15) is 23.7 Å². The lowest BCUT2D eigenvalue weighted by molar-refractivity contribution is -0.137. The Morgan fingerprint density at radius 3 is 2.82 bits per heavy atom. The summed E-state index contributed by atoms with van der Waals surface area (Å²) in [6.45, 7) is 1.73. The van der Waals surface area contributed by atoms with Crippen LogP contribution in [0.5, 0.6) is 0 Å². The van der Waals surface area contributed by atoms with Gasteiger partial charge in [-0.1, -0.05) is 6.92 Å². The van der Waals surface area contributed by atoms with E-state index in [1.807, 2.05) is 0 Å². The smallest absolute Gasteiger partial charge is 0.341 e. The van der Waals surface area contributed by atoms with E-state index >= 15 is 0 Å². The van der Waals surface area contributed by atoms with Gasteiger partial charge in [-0.15, -0.1) is 0 Å². The first-order chi connectivity index (χ1) is 8.10. The molecule has 0 saturated carbocycles. The number of nitrogens with one attached hydrogen (secondary N) is 1. The van der Waals surface area contributed by atoms with E-state index in [0.29, 0.717) is 6.42 Å². The van der Waals surface area contributed by atoms with Gasteiger partial charge in [0, 0.05) is 6.20 Å². The number of esters is 1. The van der Waals surface area contributed by atoms with Crippen molar-refractivity contribution in [3.8, 4) is 0 Å². The van der Waals surface area contributed by atoms with Crippen molar-refractivity contribution in [2.45, 2.75) is 19.4 Å². The number of hydrogen-bond acceptors (Lipinski definition) is 5. The number of nitrogens with zero attached hydrogens (tertiary/aromatic N) is 1. The molecule has 1 atom stereocenters. The Hall–Kier alpha value is -2.11. The molecule has 2 N–H and O–H groups in total. The summed E-state index contributed by atoms with van der Waals surface area (Å²) in [7, 11) is 1.26. The van der Waals surface area contributed by atoms with Crippen LogP contribution in [0.3, 0.4) is 0 Å². The lowest BCUT2D eigenvalue weighted by atomic mass is 10.2. The number of aliphatic carboxylic acids is 1. The number of hydrogen-bond donors (Lipinski definition) is 2. The SMILES string of the molecule is CCC(Nc1ncccc1C(=O)OC)C(=O)O. The van der Waals surface area contributed by atoms with Crippen molar-refractivity contribution in [2.75, 3.05) is 12.4 Å². The van der Waals surface area contributed by atoms with E-state index in [4.69, 9.17) is 5.11 Å². The Bertz CT molecular complexity index is 420. The summed E-state index contributed by atoms with van der Waals surface area (Å²) in [6, 6.07) is 2.32. The Kier molecular flexibility index (Phi) is 4.45. The number of rotatable bonds is 5. The fourth-order valence-electron chi connectivity index (χ4n) is 1.30. The van der Waals surface area contributed by atoms with E-state index < -0.39 is 18.0 Å². The first-order valence-electron chi connectivity index (χ1n) is 5.12. The molecule has 17 heavy (non-hydrogen) atoms. The molecule has 1 aromatic rings. The molecule has 0 spiro atoms. The molecule has 0 radical (unpaired) electrons. The highest BCUT2D eigenvalue weighted by atomic mass is 16.5. The van der Waals surface area contributed by atoms with Gasteiger partial charge < -0.3 is 15.2 Å². The minimum absolute atomic E-state index is 0.216. The maximum absolute atomic E-state index is 11.4. The molecular weight excluding hydrogens is 224 g/mol. The maximum atomic E-state index is 11.4. The number of carbonyl (C=O) groups is 2. The molecule has 0 fully saturated rings. The van der Waals surface area contributed by atoms with Gasteiger partial charge in [-0.25, -0.2) is 14.6 Å². The van der Waals surface area contributed by atoms with Gasteiger partial charge in [-0.2, -0.15) is 0 Å². The molecule has 0 aliphatic carbocycles. The third-order valence-electron chi connectivity index (χ3n) is 2.23. The summed E-state index contributed by atoms with van der Waals surface area (Å²) in [6.07, 6.45) is 1.86. The summed E-state index contributed by atoms with van der Waals surface area (Å²) in [4.78, 5) is 26.2. The van der Waals surface area contributed by atoms with Gasteiger partial charge in [-0.3, -0.25) is 0 Å². The Morgan fingerprint density at radius 1 is 1.59 bits per heavy atom. The molecule has 6 nitrogen and oxygen atoms in total. The molecule has 1 unspecified atom stereocenters. The quantitative estimate of drug-likeness (QED) is 0.748. The molecular formula is C11H14N2O4. The highest BCUT2D eigenvalue weighted by molar-refractivity contribution is 5.95. The molecule has 0 amide bonds. The van der Waals surface area contributed by atoms with Crippen molar-refractivity contribution in [1.29, 1.82) is 0 Å². The summed E-state index contributed by atoms with van der Waals surface area (Å²) in [5.41, 5.74) is 0.217. The Morgan fingerprint density at radius 2 is 2.29 bits per heavy atom. The van der Waals surface area contributed by atoms with Crippen molar-refractivity contribution >= 4 is 17.8 Å². The van der Waals surface area contributed by atoms with Gasteiger partial charge in [0.15, 0.2) is 0 Å². The minimum atomic E-state index is -0.992. The number of carboxylic acid groups (broad SMARTS) is 1. The number of ether oxygens (including phenoxy) is 1. The molecule has 92 valence electrons. The zero-order chi connectivity index (χ0) is 12.8. The zero-order valence-corrected chi connectivity index (χ0v) is 9.64. The molecule has 6 heteroatoms. The van der Waals surface area contributed by atoms with E-state index in [0.717, 1.165) is 0 Å². The van der Waals surface area contributed by atoms with E-state index in [1.165, 1.54) is 19.4 Å². The summed E-state index contributed by atoms with van der Waals surface area (Å²) in [5.74, 6) is -1.33. The molecule has 0 bridgehead atoms. The predicted molar refractivity (Wildman–Crippen MR) is 60.9 cm³/mol. The molecule has 1 aromatic heterocycles. The van der Waals surface area contributed by atoms with Gasteiger partial charge in [0.05, 0.1) is 7.11 Å². The van der Waals surface area contributed by atoms with Crippen molar-refractivity contribution in [3.63, 3.8) is 0 Å². The van der Waals surface area contributed by atoms with Gasteiger partial charge in [-0.05, 0) is 18.6 Å². The maximum Gasteiger partial charge on any atom is 0.341 e. The topological polar surface area (TPSA) is 88.5 Å². The van der Waals surface area contributed by atoms with Crippen molar-refractivity contribution in [2.24, 2.45) is 0 Å². The first kappa shape index (κ1) is 13.0. The fourth-order valence-corrected chi connectivity index (χ4v) is 1.30. The second-order valence-corrected chi connectivity index (χ2v) is 3.33. The largest absolute Gasteiger partial charge is 0.480 e. The van der Waals surface area contributed by atoms with Crippen molar-refractivity contribution in [3.05, 3.63) is 23.9 Å². The van der Waals surface area contributed by atoms with Crippen LogP contribution in [0, 0.1) is 0 Å². The summed E-state index contributed by atoms with van der Waals surface area (Å²) >= 11 is 0. The molecule has 1 rings (SSSR count). The second kappa shape index (κ2) is 5.83. The fraction of sp³-hybridized carbons (Fsp3) is 0.364. The number of methoxy groups -OCH3 is 1. The van der Waals surface area contributed by atoms with E-state index in [9.17, 15) is 9.59 Å². The summed E-state index contributed by atoms with van der Waals surface area (Å²) < 4.78 is 4.59. The van der Waals surface area contributed by atoms with Gasteiger partial charge in [0.25, 0.3) is 0 Å². The first-order valence-corrected chi connectivity index (χ1v) is 5.12. The average molecular weight is 238 g/mol. The zero-order valence-electron chi connectivity index (χ0n) is 9.64. The standard InChI is InChI=1S/C11H14N2O4/c1-3-8(10(14)15)13-9-7(11(16)17-2)5-4-6-12-9/h4-6,8H,3H2,1-2H3,(H,12,13)(H,14,15). The normalized spacial score (nSPS) is 11.6. The van der Waals surface area contributed by atoms with Crippen molar-refractivity contribution in [1.82, 2.24) is 4.98 Å². The van der Waals surface area contributed by atoms with Crippen LogP contribution >= 0.6 is 0 Å². The van der Waals surface area contributed by atoms with Crippen LogP contribution in [0.15, 0.2) is 18.3 Å². The van der Waals surface area contributed by atoms with Crippen molar-refractivity contribution < 1.29 is 19.4 Å². The third-order valence-corrected chi connectivity index (χ3v) is 2.23. The predicted octanol–water partition coefficient (Wildman–Crippen LogP) is 1.14. The number of carboxylic acids is 1. The lowest BCUT2D eigenvalue weighted by Gasteiger charge is -2.14. The van der Waals surface area contributed by atoms with E-state index in [2.05, 4.69) is 15.0 Å². The average Bonchev–Trinajstić information content (AvgIpc) is 2.35. The summed E-state index contributed by atoms with van der Waals surface area (Å²) in [5, 5.41) is 11.6. The molecule has 0 aliphatic heterocycles. The van der Waals surface area contributed by atoms with Crippen LogP contribution in [0.2, 0.25) is 0 Å². The minimum Gasteiger partial charge on any atom is -0.480 e. The number of carbonyl (C=O) groups excluding carboxylic acids is 1. The van der Waals surface area contributed by atoms with Crippen LogP contribution in [0.4, 0.5) is 5.82 Å². The highest BCUT2D eigenvalue weighted by Crippen LogP contribution is 2.14.